The predicted molar refractivity (Wildman–Crippen MR) is 95.6 cm³/mol. The maximum absolute atomic E-state index is 14.5. The van der Waals surface area contributed by atoms with Gasteiger partial charge in [0.2, 0.25) is 0 Å². The topological polar surface area (TPSA) is 72.5 Å². The Balaban J connectivity index is 1.54. The molecule has 2 aromatic rings. The van der Waals surface area contributed by atoms with Gasteiger partial charge in [0.15, 0.2) is 5.82 Å². The Hall–Kier alpha value is -2.90. The van der Waals surface area contributed by atoms with Gasteiger partial charge in [-0.15, -0.1) is 0 Å². The van der Waals surface area contributed by atoms with Crippen LogP contribution in [-0.2, 0) is 0 Å². The van der Waals surface area contributed by atoms with Crippen LogP contribution in [0.5, 0.6) is 0 Å². The highest BCUT2D eigenvalue weighted by Crippen LogP contribution is 2.25. The van der Waals surface area contributed by atoms with E-state index in [4.69, 9.17) is 0 Å². The molecule has 1 amide bonds. The molecule has 0 aliphatic carbocycles. The van der Waals surface area contributed by atoms with Gasteiger partial charge in [-0.25, -0.2) is 13.8 Å². The van der Waals surface area contributed by atoms with Crippen LogP contribution in [0.25, 0.3) is 0 Å². The average molecular weight is 359 g/mol. The molecule has 1 aromatic carbocycles. The van der Waals surface area contributed by atoms with Crippen LogP contribution >= 0.6 is 0 Å². The number of halogens is 2. The van der Waals surface area contributed by atoms with Crippen LogP contribution in [0.1, 0.15) is 35.2 Å². The Morgan fingerprint density at radius 2 is 1.96 bits per heavy atom. The van der Waals surface area contributed by atoms with Crippen molar-refractivity contribution in [1.82, 2.24) is 9.88 Å². The number of aliphatic imine (C=N–C) groups is 1. The molecule has 0 atom stereocenters. The Labute approximate surface area is 149 Å². The number of hydrogen-bond acceptors (Lipinski definition) is 4. The number of amides is 1. The highest BCUT2D eigenvalue weighted by molar-refractivity contribution is 6.12. The third-order valence-corrected chi connectivity index (χ3v) is 4.67. The van der Waals surface area contributed by atoms with Gasteiger partial charge in [0, 0.05) is 24.8 Å². The molecule has 1 saturated heterocycles. The fraction of sp³-hybridized carbons (Fsp3) is 0.333. The summed E-state index contributed by atoms with van der Waals surface area (Å²) in [5.41, 5.74) is 0.701. The van der Waals surface area contributed by atoms with E-state index >= 15 is 0 Å². The quantitative estimate of drug-likeness (QED) is 0.771. The second kappa shape index (κ2) is 6.78. The van der Waals surface area contributed by atoms with E-state index < -0.39 is 11.6 Å². The summed E-state index contributed by atoms with van der Waals surface area (Å²) in [5, 5.41) is 5.74. The Kier molecular flexibility index (Phi) is 4.32. The third kappa shape index (κ3) is 3.02. The zero-order valence-electron chi connectivity index (χ0n) is 14.1. The maximum atomic E-state index is 14.5. The third-order valence-electron chi connectivity index (χ3n) is 4.67. The fourth-order valence-electron chi connectivity index (χ4n) is 3.31. The van der Waals surface area contributed by atoms with Crippen molar-refractivity contribution >= 4 is 23.2 Å². The number of aromatic amines is 1. The average Bonchev–Trinajstić information content (AvgIpc) is 3.05. The lowest BCUT2D eigenvalue weighted by atomic mass is 10.1. The summed E-state index contributed by atoms with van der Waals surface area (Å²) >= 11 is 0. The molecule has 3 N–H and O–H groups in total. The molecule has 3 heterocycles. The molecule has 1 aromatic heterocycles. The molecule has 26 heavy (non-hydrogen) atoms. The van der Waals surface area contributed by atoms with E-state index in [0.29, 0.717) is 24.5 Å². The number of nitrogens with zero attached hydrogens (tertiary/aromatic N) is 2. The lowest BCUT2D eigenvalue weighted by Crippen LogP contribution is -2.35. The van der Waals surface area contributed by atoms with Crippen molar-refractivity contribution in [3.05, 3.63) is 47.2 Å². The number of carbonyl (C=O) groups excluding carboxylic acids is 1. The first-order chi connectivity index (χ1) is 12.6. The molecule has 2 aliphatic heterocycles. The molecule has 0 unspecified atom stereocenters. The number of amidine groups is 1. The predicted octanol–water partition coefficient (Wildman–Crippen LogP) is 3.16. The molecule has 136 valence electrons. The highest BCUT2D eigenvalue weighted by Gasteiger charge is 2.23. The van der Waals surface area contributed by atoms with Gasteiger partial charge < -0.3 is 20.5 Å². The van der Waals surface area contributed by atoms with E-state index in [2.05, 4.69) is 20.6 Å². The highest BCUT2D eigenvalue weighted by atomic mass is 19.1. The number of carbonyl (C=O) groups is 1. The Bertz CT molecular complexity index is 870. The van der Waals surface area contributed by atoms with Crippen LogP contribution in [0.3, 0.4) is 0 Å². The summed E-state index contributed by atoms with van der Waals surface area (Å²) in [4.78, 5) is 21.2. The molecular formula is C18H19F2N5O. The summed E-state index contributed by atoms with van der Waals surface area (Å²) < 4.78 is 28.5. The van der Waals surface area contributed by atoms with E-state index in [0.717, 1.165) is 19.3 Å². The first-order valence-electron chi connectivity index (χ1n) is 8.65. The molecule has 0 saturated carbocycles. The number of likely N-dealkylation sites (tertiary alicyclic amines) is 1. The number of anilines is 2. The lowest BCUT2D eigenvalue weighted by Gasteiger charge is -2.26. The molecule has 0 spiro atoms. The Morgan fingerprint density at radius 3 is 2.73 bits per heavy atom. The molecule has 8 heteroatoms. The fourth-order valence-corrected chi connectivity index (χ4v) is 3.31. The van der Waals surface area contributed by atoms with E-state index in [9.17, 15) is 13.6 Å². The number of nitrogens with one attached hydrogen (secondary N) is 3. The molecular weight excluding hydrogens is 340 g/mol. The van der Waals surface area contributed by atoms with E-state index in [1.165, 1.54) is 18.3 Å². The molecule has 1 fully saturated rings. The van der Waals surface area contributed by atoms with Crippen molar-refractivity contribution in [1.29, 1.82) is 0 Å². The molecule has 0 bridgehead atoms. The number of hydrogen-bond donors (Lipinski definition) is 3. The largest absolute Gasteiger partial charge is 0.352 e. The minimum absolute atomic E-state index is 0.146. The van der Waals surface area contributed by atoms with Crippen molar-refractivity contribution in [3.8, 4) is 0 Å². The summed E-state index contributed by atoms with van der Waals surface area (Å²) in [7, 11) is 0. The monoisotopic (exact) mass is 359 g/mol. The number of aromatic nitrogens is 1. The SMILES string of the molecule is O=C(c1ccc(NC2=NCNc3[nH]cc(F)c32)c(F)c1)N1CCCCC1. The standard InChI is InChI=1S/C18H19F2N5O/c19-12-8-11(18(26)25-6-2-1-3-7-25)4-5-14(12)24-17-15-13(20)9-21-16(15)22-10-23-17/h4-5,8-9,21-22H,1-3,6-7,10H2,(H,23,24). The maximum Gasteiger partial charge on any atom is 0.253 e. The summed E-state index contributed by atoms with van der Waals surface area (Å²) in [6, 6.07) is 4.29. The van der Waals surface area contributed by atoms with Crippen LogP contribution in [0.15, 0.2) is 29.4 Å². The van der Waals surface area contributed by atoms with Crippen molar-refractivity contribution in [3.63, 3.8) is 0 Å². The van der Waals surface area contributed by atoms with Gasteiger partial charge in [0.05, 0.1) is 11.3 Å². The summed E-state index contributed by atoms with van der Waals surface area (Å²) in [6.45, 7) is 1.67. The van der Waals surface area contributed by atoms with Crippen LogP contribution in [0, 0.1) is 11.6 Å². The van der Waals surface area contributed by atoms with Gasteiger partial charge in [-0.05, 0) is 37.5 Å². The molecule has 4 rings (SSSR count). The number of piperidine rings is 1. The number of H-pyrrole nitrogens is 1. The van der Waals surface area contributed by atoms with Gasteiger partial charge >= 0.3 is 0 Å². The normalized spacial score (nSPS) is 16.5. The minimum Gasteiger partial charge on any atom is -0.352 e. The van der Waals surface area contributed by atoms with Gasteiger partial charge in [-0.3, -0.25) is 4.79 Å². The number of rotatable bonds is 2. The molecule has 6 nitrogen and oxygen atoms in total. The zero-order chi connectivity index (χ0) is 18.1. The van der Waals surface area contributed by atoms with Crippen molar-refractivity contribution in [2.24, 2.45) is 4.99 Å². The minimum atomic E-state index is -0.577. The van der Waals surface area contributed by atoms with Crippen molar-refractivity contribution in [2.75, 3.05) is 30.4 Å². The number of fused-ring (bicyclic) bond motifs is 1. The van der Waals surface area contributed by atoms with Crippen molar-refractivity contribution in [2.45, 2.75) is 19.3 Å². The zero-order valence-corrected chi connectivity index (χ0v) is 14.1. The van der Waals surface area contributed by atoms with Gasteiger partial charge in [0.1, 0.15) is 24.1 Å². The second-order valence-electron chi connectivity index (χ2n) is 6.40. The summed E-state index contributed by atoms with van der Waals surface area (Å²) in [5.74, 6) is -0.473. The molecule has 0 radical (unpaired) electrons. The van der Waals surface area contributed by atoms with Gasteiger partial charge in [-0.2, -0.15) is 0 Å². The summed E-state index contributed by atoms with van der Waals surface area (Å²) in [6.07, 6.45) is 4.30. The van der Waals surface area contributed by atoms with E-state index in [1.54, 1.807) is 11.0 Å². The van der Waals surface area contributed by atoms with E-state index in [-0.39, 0.29) is 29.7 Å². The lowest BCUT2D eigenvalue weighted by molar-refractivity contribution is 0.0724. The first kappa shape index (κ1) is 16.6. The van der Waals surface area contributed by atoms with Crippen LogP contribution in [0.2, 0.25) is 0 Å². The van der Waals surface area contributed by atoms with Crippen LogP contribution in [0.4, 0.5) is 20.3 Å². The van der Waals surface area contributed by atoms with Gasteiger partial charge in [-0.1, -0.05) is 0 Å². The van der Waals surface area contributed by atoms with Crippen molar-refractivity contribution < 1.29 is 13.6 Å². The smallest absolute Gasteiger partial charge is 0.253 e. The van der Waals surface area contributed by atoms with Crippen LogP contribution in [-0.4, -0.2) is 41.4 Å². The second-order valence-corrected chi connectivity index (χ2v) is 6.40. The van der Waals surface area contributed by atoms with E-state index in [1.807, 2.05) is 0 Å². The first-order valence-corrected chi connectivity index (χ1v) is 8.65. The molecule has 2 aliphatic rings. The van der Waals surface area contributed by atoms with Gasteiger partial charge in [0.25, 0.3) is 5.91 Å². The van der Waals surface area contributed by atoms with Crippen LogP contribution < -0.4 is 10.6 Å². The number of benzene rings is 1. The Morgan fingerprint density at radius 1 is 1.15 bits per heavy atom.